The van der Waals surface area contributed by atoms with Crippen LogP contribution in [-0.4, -0.2) is 86.5 Å². The van der Waals surface area contributed by atoms with Gasteiger partial charge in [-0.3, -0.25) is 39.4 Å². The zero-order chi connectivity index (χ0) is 48.1. The van der Waals surface area contributed by atoms with E-state index in [-0.39, 0.29) is 57.6 Å². The minimum Gasteiger partial charge on any atom is -0.465 e. The third kappa shape index (κ3) is 13.6. The first-order chi connectivity index (χ1) is 30.1. The highest BCUT2D eigenvalue weighted by Crippen LogP contribution is 2.34. The zero-order valence-electron chi connectivity index (χ0n) is 35.4. The summed E-state index contributed by atoms with van der Waals surface area (Å²) in [6.07, 6.45) is 2.25. The number of esters is 1. The van der Waals surface area contributed by atoms with Crippen molar-refractivity contribution in [1.29, 1.82) is 0 Å². The van der Waals surface area contributed by atoms with E-state index in [4.69, 9.17) is 44.3 Å². The number of benzene rings is 4. The van der Waals surface area contributed by atoms with Crippen LogP contribution in [0.2, 0.25) is 10.0 Å². The summed E-state index contributed by atoms with van der Waals surface area (Å²) in [6.45, 7) is 6.56. The number of ether oxygens (including phenoxy) is 3. The summed E-state index contributed by atoms with van der Waals surface area (Å²) in [4.78, 5) is 81.8. The second-order valence-corrected chi connectivity index (χ2v) is 17.2. The smallest absolute Gasteiger partial charge is 0.345 e. The fraction of sp³-hybridized carbons (Fsp3) is 0.326. The van der Waals surface area contributed by atoms with Gasteiger partial charge in [-0.15, -0.1) is 11.6 Å². The first-order valence-electron chi connectivity index (χ1n) is 19.1. The average molecular weight is 965 g/mol. The van der Waals surface area contributed by atoms with Gasteiger partial charge in [0.25, 0.3) is 11.4 Å². The quantitative estimate of drug-likeness (QED) is 0.0287. The highest BCUT2D eigenvalue weighted by molar-refractivity contribution is 7.90. The number of nitro benzene ring substituents is 2. The van der Waals surface area contributed by atoms with Crippen molar-refractivity contribution in [3.63, 3.8) is 0 Å². The molecule has 0 saturated heterocycles. The lowest BCUT2D eigenvalue weighted by Gasteiger charge is -2.31. The highest BCUT2D eigenvalue weighted by atomic mass is 35.5. The third-order valence-corrected chi connectivity index (χ3v) is 11.3. The monoisotopic (exact) mass is 963 g/mol. The van der Waals surface area contributed by atoms with E-state index >= 15 is 0 Å². The molecule has 1 atom stereocenters. The number of Topliss-reactive ketones (excluding diaryl/α,β-unsaturated/α-hetero) is 3. The van der Waals surface area contributed by atoms with Crippen molar-refractivity contribution >= 4 is 90.9 Å². The zero-order valence-corrected chi connectivity index (χ0v) is 38.5. The SMILES string of the molecule is CCc1cccc(C)c1N(C(=O)CCl)C(C)COC.COC(=O)c1cc(Oc2ccc(Cl)cc2Cl)ccc1[N+](=O)[O-].CS(=O)(=O)c1ccc(C(=O)C2C(=O)CCCC2=O)c([N+](=O)[O-])c1. The van der Waals surface area contributed by atoms with Crippen molar-refractivity contribution in [2.24, 2.45) is 5.92 Å². The average Bonchev–Trinajstić information content (AvgIpc) is 3.24. The van der Waals surface area contributed by atoms with Gasteiger partial charge in [-0.1, -0.05) is 48.3 Å². The highest BCUT2D eigenvalue weighted by Gasteiger charge is 2.39. The molecule has 17 nitrogen and oxygen atoms in total. The van der Waals surface area contributed by atoms with E-state index in [1.807, 2.05) is 26.0 Å². The van der Waals surface area contributed by atoms with Crippen molar-refractivity contribution in [1.82, 2.24) is 0 Å². The first-order valence-corrected chi connectivity index (χ1v) is 22.3. The fourth-order valence-corrected chi connectivity index (χ4v) is 7.69. The largest absolute Gasteiger partial charge is 0.465 e. The molecule has 4 aromatic carbocycles. The molecule has 0 bridgehead atoms. The number of methoxy groups -OCH3 is 2. The van der Waals surface area contributed by atoms with Gasteiger partial charge >= 0.3 is 5.97 Å². The Balaban J connectivity index is 0.000000257. The van der Waals surface area contributed by atoms with E-state index in [0.717, 1.165) is 60.9 Å². The number of carbonyl (C=O) groups excluding carboxylic acids is 5. The van der Waals surface area contributed by atoms with Crippen LogP contribution < -0.4 is 9.64 Å². The molecule has 0 spiro atoms. The van der Waals surface area contributed by atoms with E-state index in [1.165, 1.54) is 18.2 Å². The van der Waals surface area contributed by atoms with Gasteiger partial charge in [-0.05, 0) is 74.2 Å². The number of aryl methyl sites for hydroxylation is 2. The molecule has 1 saturated carbocycles. The predicted molar refractivity (Wildman–Crippen MR) is 239 cm³/mol. The molecule has 1 fully saturated rings. The molecular weight excluding hydrogens is 921 g/mol. The Hall–Kier alpha value is -5.79. The van der Waals surface area contributed by atoms with E-state index < -0.39 is 60.2 Å². The number of ketones is 3. The number of amides is 1. The second kappa shape index (κ2) is 23.8. The maximum absolute atomic E-state index is 12.4. The molecule has 1 amide bonds. The predicted octanol–water partition coefficient (Wildman–Crippen LogP) is 8.76. The fourth-order valence-electron chi connectivity index (χ4n) is 6.47. The van der Waals surface area contributed by atoms with Crippen LogP contribution in [0.1, 0.15) is 65.0 Å². The van der Waals surface area contributed by atoms with Crippen molar-refractivity contribution in [3.8, 4) is 11.5 Å². The lowest BCUT2D eigenvalue weighted by Crippen LogP contribution is -2.43. The van der Waals surface area contributed by atoms with E-state index in [2.05, 4.69) is 17.7 Å². The Morgan fingerprint density at radius 3 is 2.06 bits per heavy atom. The van der Waals surface area contributed by atoms with E-state index in [0.29, 0.717) is 23.8 Å². The Morgan fingerprint density at radius 1 is 0.891 bits per heavy atom. The lowest BCUT2D eigenvalue weighted by atomic mass is 9.81. The number of hydrogen-bond acceptors (Lipinski definition) is 14. The molecule has 0 radical (unpaired) electrons. The topological polar surface area (TPSA) is 237 Å². The van der Waals surface area contributed by atoms with Gasteiger partial charge in [0.1, 0.15) is 28.9 Å². The van der Waals surface area contributed by atoms with E-state index in [1.54, 1.807) is 24.1 Å². The van der Waals surface area contributed by atoms with Crippen LogP contribution in [0.5, 0.6) is 11.5 Å². The standard InChI is InChI=1S/C15H22ClNO2.C14H9Cl2NO5.C14H13NO7S/c1-5-13-8-6-7-11(2)15(13)17(14(18)9-16)12(3)10-19-4;1-21-14(18)10-7-9(3-4-12(10)17(19)20)22-13-5-2-8(15)6-11(13)16;1-23(21,22)8-5-6-9(10(7-8)15(19)20)14(18)13-11(16)3-2-4-12(13)17/h6-8,12H,5,9-10H2,1-4H3;2-7H,1H3;5-7,13H,2-4H2,1H3. The summed E-state index contributed by atoms with van der Waals surface area (Å²) < 4.78 is 38.2. The van der Waals surface area contributed by atoms with Crippen molar-refractivity contribution in [3.05, 3.63) is 125 Å². The van der Waals surface area contributed by atoms with Crippen LogP contribution in [0.25, 0.3) is 0 Å². The van der Waals surface area contributed by atoms with Crippen LogP contribution in [0, 0.1) is 33.1 Å². The number of sulfone groups is 1. The van der Waals surface area contributed by atoms with Crippen LogP contribution in [0.4, 0.5) is 17.1 Å². The van der Waals surface area contributed by atoms with Crippen molar-refractivity contribution < 1.29 is 56.4 Å². The molecule has 342 valence electrons. The summed E-state index contributed by atoms with van der Waals surface area (Å²) in [5, 5.41) is 22.8. The summed E-state index contributed by atoms with van der Waals surface area (Å²) in [5.41, 5.74) is 1.46. The third-order valence-electron chi connectivity index (χ3n) is 9.48. The normalized spacial score (nSPS) is 13.0. The summed E-state index contributed by atoms with van der Waals surface area (Å²) >= 11 is 17.5. The Kier molecular flexibility index (Phi) is 19.5. The molecule has 0 aliphatic heterocycles. The number of hydrogen-bond donors (Lipinski definition) is 0. The Labute approximate surface area is 383 Å². The van der Waals surface area contributed by atoms with Crippen LogP contribution in [0.3, 0.4) is 0 Å². The van der Waals surface area contributed by atoms with Gasteiger partial charge in [-0.2, -0.15) is 0 Å². The number of para-hydroxylation sites is 1. The number of anilines is 1. The van der Waals surface area contributed by atoms with E-state index in [9.17, 15) is 52.6 Å². The first kappa shape index (κ1) is 52.6. The maximum Gasteiger partial charge on any atom is 0.345 e. The number of carbonyl (C=O) groups is 5. The Bertz CT molecular complexity index is 2540. The molecule has 0 heterocycles. The Morgan fingerprint density at radius 2 is 1.53 bits per heavy atom. The molecule has 1 aliphatic carbocycles. The molecule has 5 rings (SSSR count). The van der Waals surface area contributed by atoms with Crippen LogP contribution >= 0.6 is 34.8 Å². The second-order valence-electron chi connectivity index (χ2n) is 14.0. The van der Waals surface area contributed by atoms with Gasteiger partial charge in [0.05, 0.1) is 50.8 Å². The number of nitro groups is 2. The molecule has 0 N–H and O–H groups in total. The van der Waals surface area contributed by atoms with Gasteiger partial charge in [-0.25, -0.2) is 13.2 Å². The van der Waals surface area contributed by atoms with Gasteiger partial charge in [0.2, 0.25) is 5.91 Å². The minimum absolute atomic E-state index is 0.0223. The molecule has 64 heavy (non-hydrogen) atoms. The molecule has 21 heteroatoms. The minimum atomic E-state index is -3.70. The summed E-state index contributed by atoms with van der Waals surface area (Å²) in [5.74, 6) is -4.05. The maximum atomic E-state index is 12.4. The van der Waals surface area contributed by atoms with Gasteiger partial charge < -0.3 is 19.1 Å². The van der Waals surface area contributed by atoms with Gasteiger partial charge in [0.15, 0.2) is 27.2 Å². The molecule has 4 aromatic rings. The number of halogens is 3. The molecule has 1 aliphatic rings. The van der Waals surface area contributed by atoms with Crippen LogP contribution in [-0.2, 0) is 40.1 Å². The molecule has 1 unspecified atom stereocenters. The summed E-state index contributed by atoms with van der Waals surface area (Å²) in [6, 6.07) is 17.2. The van der Waals surface area contributed by atoms with Crippen molar-refractivity contribution in [2.45, 2.75) is 57.4 Å². The number of rotatable bonds is 14. The lowest BCUT2D eigenvalue weighted by molar-refractivity contribution is -0.385. The number of nitrogens with zero attached hydrogens (tertiary/aromatic N) is 3. The molecular formula is C43H44Cl3N3O14S. The van der Waals surface area contributed by atoms with Gasteiger partial charge in [0, 0.05) is 49.4 Å². The van der Waals surface area contributed by atoms with Crippen LogP contribution in [0.15, 0.2) is 77.7 Å². The van der Waals surface area contributed by atoms with Crippen molar-refractivity contribution in [2.75, 3.05) is 37.9 Å². The molecule has 0 aromatic heterocycles. The number of alkyl halides is 1. The summed E-state index contributed by atoms with van der Waals surface area (Å²) in [7, 11) is -0.925.